The molecule has 0 bridgehead atoms. The van der Waals surface area contributed by atoms with E-state index < -0.39 is 10.1 Å². The zero-order chi connectivity index (χ0) is 16.3. The second kappa shape index (κ2) is 6.07. The lowest BCUT2D eigenvalue weighted by Gasteiger charge is -2.09. The van der Waals surface area contributed by atoms with Gasteiger partial charge in [-0.3, -0.25) is 0 Å². The number of benzene rings is 2. The van der Waals surface area contributed by atoms with Crippen LogP contribution in [-0.2, 0) is 10.1 Å². The van der Waals surface area contributed by atoms with Crippen LogP contribution < -0.4 is 4.18 Å². The second-order valence-electron chi connectivity index (χ2n) is 4.71. The van der Waals surface area contributed by atoms with Crippen LogP contribution in [0.3, 0.4) is 0 Å². The Morgan fingerprint density at radius 2 is 1.77 bits per heavy atom. The van der Waals surface area contributed by atoms with Crippen LogP contribution in [0.15, 0.2) is 52.5 Å². The Kier molecular flexibility index (Phi) is 4.37. The van der Waals surface area contributed by atoms with Crippen LogP contribution in [0.25, 0.3) is 0 Å². The molecule has 2 aromatic carbocycles. The zero-order valence-electron chi connectivity index (χ0n) is 12.0. The van der Waals surface area contributed by atoms with Crippen molar-refractivity contribution in [3.63, 3.8) is 0 Å². The van der Waals surface area contributed by atoms with Crippen molar-refractivity contribution in [2.45, 2.75) is 18.7 Å². The fraction of sp³-hybridized carbons (Fsp3) is 0.133. The molecule has 2 N–H and O–H groups in total. The Balaban J connectivity index is 2.30. The van der Waals surface area contributed by atoms with Crippen molar-refractivity contribution >= 4 is 15.8 Å². The van der Waals surface area contributed by atoms with E-state index in [1.165, 1.54) is 31.2 Å². The minimum absolute atomic E-state index is 0.0229. The summed E-state index contributed by atoms with van der Waals surface area (Å²) in [7, 11) is -3.98. The zero-order valence-corrected chi connectivity index (χ0v) is 12.8. The lowest BCUT2D eigenvalue weighted by atomic mass is 10.1. The number of phenolic OH excluding ortho intramolecular Hbond substituents is 1. The topological polar surface area (TPSA) is 96.2 Å². The molecule has 0 saturated heterocycles. The highest BCUT2D eigenvalue weighted by molar-refractivity contribution is 7.87. The Morgan fingerprint density at radius 3 is 2.32 bits per heavy atom. The fourth-order valence-corrected chi connectivity index (χ4v) is 2.73. The summed E-state index contributed by atoms with van der Waals surface area (Å²) in [5, 5.41) is 21.5. The maximum absolute atomic E-state index is 12.1. The summed E-state index contributed by atoms with van der Waals surface area (Å²) in [6.45, 7) is 3.34. The van der Waals surface area contributed by atoms with Gasteiger partial charge in [0.1, 0.15) is 16.4 Å². The number of aryl methyl sites for hydroxylation is 1. The average molecular weight is 321 g/mol. The Hall–Kier alpha value is -2.54. The SMILES string of the molecule is C/C(=N/O)c1ccc(OS(=O)(=O)c2ccc(C)cc2)cc1O. The smallest absolute Gasteiger partial charge is 0.339 e. The molecule has 0 saturated carbocycles. The third-order valence-corrected chi connectivity index (χ3v) is 4.29. The molecular weight excluding hydrogens is 306 g/mol. The van der Waals surface area contributed by atoms with Crippen LogP contribution in [0.1, 0.15) is 18.1 Å². The molecule has 2 rings (SSSR count). The summed E-state index contributed by atoms with van der Waals surface area (Å²) in [6.07, 6.45) is 0. The maximum atomic E-state index is 12.1. The number of rotatable bonds is 4. The van der Waals surface area contributed by atoms with Gasteiger partial charge in [-0.1, -0.05) is 22.9 Å². The van der Waals surface area contributed by atoms with E-state index in [-0.39, 0.29) is 27.7 Å². The van der Waals surface area contributed by atoms with Crippen molar-refractivity contribution in [2.24, 2.45) is 5.16 Å². The molecular formula is C15H15NO5S. The van der Waals surface area contributed by atoms with Gasteiger partial charge in [0.05, 0.1) is 5.71 Å². The Labute approximate surface area is 128 Å². The number of phenols is 1. The molecule has 0 unspecified atom stereocenters. The first-order chi connectivity index (χ1) is 10.3. The molecule has 7 heteroatoms. The Morgan fingerprint density at radius 1 is 1.14 bits per heavy atom. The quantitative estimate of drug-likeness (QED) is 0.390. The van der Waals surface area contributed by atoms with E-state index in [9.17, 15) is 13.5 Å². The largest absolute Gasteiger partial charge is 0.507 e. The molecule has 6 nitrogen and oxygen atoms in total. The third-order valence-electron chi connectivity index (χ3n) is 3.02. The standard InChI is InChI=1S/C15H15NO5S/c1-10-3-6-13(7-4-10)22(19,20)21-12-5-8-14(11(2)16-18)15(17)9-12/h3-9,17-18H,1-2H3/b16-11-. The first-order valence-corrected chi connectivity index (χ1v) is 7.77. The molecule has 0 aliphatic heterocycles. The highest BCUT2D eigenvalue weighted by Gasteiger charge is 2.17. The predicted octanol–water partition coefficient (Wildman–Crippen LogP) is 2.67. The third kappa shape index (κ3) is 3.37. The summed E-state index contributed by atoms with van der Waals surface area (Å²) >= 11 is 0. The lowest BCUT2D eigenvalue weighted by molar-refractivity contribution is 0.318. The molecule has 0 spiro atoms. The summed E-state index contributed by atoms with van der Waals surface area (Å²) in [4.78, 5) is 0.0229. The van der Waals surface area contributed by atoms with Crippen molar-refractivity contribution in [2.75, 3.05) is 0 Å². The van der Waals surface area contributed by atoms with E-state index in [2.05, 4.69) is 5.16 Å². The van der Waals surface area contributed by atoms with Crippen LogP contribution in [0.5, 0.6) is 11.5 Å². The van der Waals surface area contributed by atoms with Crippen LogP contribution in [0.4, 0.5) is 0 Å². The summed E-state index contributed by atoms with van der Waals surface area (Å²) < 4.78 is 29.2. The molecule has 0 aliphatic carbocycles. The van der Waals surface area contributed by atoms with Crippen LogP contribution in [-0.4, -0.2) is 24.4 Å². The van der Waals surface area contributed by atoms with Crippen LogP contribution in [0.2, 0.25) is 0 Å². The van der Waals surface area contributed by atoms with Crippen LogP contribution >= 0.6 is 0 Å². The van der Waals surface area contributed by atoms with E-state index in [0.29, 0.717) is 0 Å². The molecule has 2 aromatic rings. The molecule has 0 heterocycles. The summed E-state index contributed by atoms with van der Waals surface area (Å²) in [5.74, 6) is -0.278. The number of oxime groups is 1. The number of nitrogens with zero attached hydrogens (tertiary/aromatic N) is 1. The highest BCUT2D eigenvalue weighted by Crippen LogP contribution is 2.26. The molecule has 22 heavy (non-hydrogen) atoms. The van der Waals surface area contributed by atoms with Crippen molar-refractivity contribution in [3.8, 4) is 11.5 Å². The van der Waals surface area contributed by atoms with Crippen molar-refractivity contribution in [1.82, 2.24) is 0 Å². The van der Waals surface area contributed by atoms with E-state index in [0.717, 1.165) is 11.6 Å². The number of hydrogen-bond donors (Lipinski definition) is 2. The lowest BCUT2D eigenvalue weighted by Crippen LogP contribution is -2.09. The van der Waals surface area contributed by atoms with Gasteiger partial charge in [0.15, 0.2) is 0 Å². The first-order valence-electron chi connectivity index (χ1n) is 6.36. The molecule has 0 aromatic heterocycles. The van der Waals surface area contributed by atoms with Gasteiger partial charge in [-0.15, -0.1) is 0 Å². The molecule has 0 amide bonds. The molecule has 116 valence electrons. The number of hydrogen-bond acceptors (Lipinski definition) is 6. The molecule has 0 radical (unpaired) electrons. The van der Waals surface area contributed by atoms with Gasteiger partial charge in [0.2, 0.25) is 0 Å². The van der Waals surface area contributed by atoms with Crippen molar-refractivity contribution in [1.29, 1.82) is 0 Å². The summed E-state index contributed by atoms with van der Waals surface area (Å²) in [6, 6.07) is 10.1. The summed E-state index contributed by atoms with van der Waals surface area (Å²) in [5.41, 5.74) is 1.41. The van der Waals surface area contributed by atoms with E-state index >= 15 is 0 Å². The number of aromatic hydroxyl groups is 1. The minimum atomic E-state index is -3.98. The van der Waals surface area contributed by atoms with Gasteiger partial charge in [-0.2, -0.15) is 8.42 Å². The Bertz CT molecular complexity index is 810. The highest BCUT2D eigenvalue weighted by atomic mass is 32.2. The van der Waals surface area contributed by atoms with Crippen molar-refractivity contribution in [3.05, 3.63) is 53.6 Å². The van der Waals surface area contributed by atoms with Gasteiger partial charge >= 0.3 is 10.1 Å². The van der Waals surface area contributed by atoms with Crippen LogP contribution in [0, 0.1) is 6.92 Å². The van der Waals surface area contributed by atoms with Gasteiger partial charge in [-0.05, 0) is 38.1 Å². The van der Waals surface area contributed by atoms with Gasteiger partial charge in [0.25, 0.3) is 0 Å². The maximum Gasteiger partial charge on any atom is 0.339 e. The van der Waals surface area contributed by atoms with Gasteiger partial charge in [0, 0.05) is 11.6 Å². The second-order valence-corrected chi connectivity index (χ2v) is 6.26. The van der Waals surface area contributed by atoms with E-state index in [1.54, 1.807) is 12.1 Å². The minimum Gasteiger partial charge on any atom is -0.507 e. The molecule has 0 aliphatic rings. The van der Waals surface area contributed by atoms with E-state index in [4.69, 9.17) is 9.39 Å². The van der Waals surface area contributed by atoms with Gasteiger partial charge in [-0.25, -0.2) is 0 Å². The van der Waals surface area contributed by atoms with E-state index in [1.807, 2.05) is 6.92 Å². The normalized spacial score (nSPS) is 12.2. The molecule has 0 fully saturated rings. The van der Waals surface area contributed by atoms with Gasteiger partial charge < -0.3 is 14.5 Å². The van der Waals surface area contributed by atoms with Crippen molar-refractivity contribution < 1.29 is 22.9 Å². The molecule has 0 atom stereocenters. The predicted molar refractivity (Wildman–Crippen MR) is 81.1 cm³/mol. The average Bonchev–Trinajstić information content (AvgIpc) is 2.46. The fourth-order valence-electron chi connectivity index (χ4n) is 1.80. The first kappa shape index (κ1) is 15.8. The monoisotopic (exact) mass is 321 g/mol.